The van der Waals surface area contributed by atoms with Gasteiger partial charge < -0.3 is 9.53 Å². The third kappa shape index (κ3) is 14.7. The van der Waals surface area contributed by atoms with Crippen LogP contribution >= 0.6 is 11.8 Å². The summed E-state index contributed by atoms with van der Waals surface area (Å²) >= 11 is 1.97. The van der Waals surface area contributed by atoms with Crippen LogP contribution in [0.5, 0.6) is 0 Å². The predicted molar refractivity (Wildman–Crippen MR) is 126 cm³/mol. The lowest BCUT2D eigenvalue weighted by atomic mass is 10.1. The first-order valence-electron chi connectivity index (χ1n) is 11.1. The maximum absolute atomic E-state index is 8.75. The van der Waals surface area contributed by atoms with Gasteiger partial charge in [-0.15, -0.1) is 5.92 Å². The summed E-state index contributed by atoms with van der Waals surface area (Å²) < 4.78 is 6.55. The van der Waals surface area contributed by atoms with Gasteiger partial charge in [0.2, 0.25) is 0 Å². The second-order valence-corrected chi connectivity index (χ2v) is 15.0. The number of hydrogen-bond acceptors (Lipinski definition) is 3. The molecule has 4 heteroatoms. The Morgan fingerprint density at radius 1 is 0.963 bits per heavy atom. The van der Waals surface area contributed by atoms with E-state index in [-0.39, 0.29) is 11.1 Å². The van der Waals surface area contributed by atoms with Crippen molar-refractivity contribution in [2.75, 3.05) is 18.1 Å². The Labute approximate surface area is 175 Å². The lowest BCUT2D eigenvalue weighted by Gasteiger charge is -2.38. The summed E-state index contributed by atoms with van der Waals surface area (Å²) in [5, 5.41) is 8.99. The van der Waals surface area contributed by atoms with Crippen LogP contribution in [0.25, 0.3) is 0 Å². The van der Waals surface area contributed by atoms with E-state index in [1.54, 1.807) is 0 Å². The average molecular weight is 415 g/mol. The van der Waals surface area contributed by atoms with E-state index in [4.69, 9.17) is 9.53 Å². The zero-order valence-corrected chi connectivity index (χ0v) is 20.8. The van der Waals surface area contributed by atoms with E-state index >= 15 is 0 Å². The van der Waals surface area contributed by atoms with Crippen molar-refractivity contribution in [1.82, 2.24) is 0 Å². The fourth-order valence-corrected chi connectivity index (χ4v) is 4.67. The first kappa shape index (κ1) is 27.0. The van der Waals surface area contributed by atoms with Gasteiger partial charge in [0.15, 0.2) is 8.32 Å². The molecule has 0 aliphatic carbocycles. The molecule has 1 unspecified atom stereocenters. The molecule has 1 atom stereocenters. The Balaban J connectivity index is 4.03. The molecule has 0 aromatic rings. The van der Waals surface area contributed by atoms with Crippen LogP contribution in [0.15, 0.2) is 0 Å². The molecule has 2 nitrogen and oxygen atoms in total. The van der Waals surface area contributed by atoms with Crippen molar-refractivity contribution in [3.05, 3.63) is 0 Å². The molecule has 0 saturated heterocycles. The molecule has 1 N–H and O–H groups in total. The second-order valence-electron chi connectivity index (χ2n) is 9.04. The largest absolute Gasteiger partial charge is 0.403 e. The molecule has 0 aromatic carbocycles. The van der Waals surface area contributed by atoms with Crippen molar-refractivity contribution >= 4 is 20.1 Å². The van der Waals surface area contributed by atoms with Crippen LogP contribution < -0.4 is 0 Å². The molecule has 0 aliphatic rings. The standard InChI is InChI=1S/C23H46O2SSi/c1-7-8-17-22(25-27(5,6)23(2,3)4)18-14-12-10-9-11-13-15-20-26-21-16-19-24/h22,24H,7-13,15-17,19-21H2,1-6H3. The van der Waals surface area contributed by atoms with Crippen molar-refractivity contribution in [2.45, 2.75) is 116 Å². The minimum atomic E-state index is -1.74. The van der Waals surface area contributed by atoms with Crippen LogP contribution in [0.1, 0.15) is 91.9 Å². The number of hydrogen-bond donors (Lipinski definition) is 1. The number of aliphatic hydroxyl groups is 1. The zero-order valence-electron chi connectivity index (χ0n) is 19.0. The van der Waals surface area contributed by atoms with E-state index < -0.39 is 8.32 Å². The summed E-state index contributed by atoms with van der Waals surface area (Å²) in [5.74, 6) is 9.20. The van der Waals surface area contributed by atoms with E-state index in [0.717, 1.165) is 25.0 Å². The molecule has 0 radical (unpaired) electrons. The molecule has 0 aromatic heterocycles. The molecule has 0 rings (SSSR count). The van der Waals surface area contributed by atoms with Gasteiger partial charge in [-0.25, -0.2) is 0 Å². The second kappa shape index (κ2) is 15.9. The van der Waals surface area contributed by atoms with Gasteiger partial charge in [-0.3, -0.25) is 0 Å². The highest BCUT2D eigenvalue weighted by atomic mass is 32.2. The lowest BCUT2D eigenvalue weighted by Crippen LogP contribution is -2.43. The molecular weight excluding hydrogens is 368 g/mol. The highest BCUT2D eigenvalue weighted by Crippen LogP contribution is 2.37. The summed E-state index contributed by atoms with van der Waals surface area (Å²) in [4.78, 5) is 0. The molecule has 0 fully saturated rings. The highest BCUT2D eigenvalue weighted by molar-refractivity contribution is 7.99. The van der Waals surface area contributed by atoms with Crippen LogP contribution in [0.3, 0.4) is 0 Å². The van der Waals surface area contributed by atoms with Gasteiger partial charge in [-0.2, -0.15) is 11.8 Å². The van der Waals surface area contributed by atoms with Gasteiger partial charge in [-0.05, 0) is 55.3 Å². The molecule has 0 bridgehead atoms. The Kier molecular flexibility index (Phi) is 15.9. The van der Waals surface area contributed by atoms with Crippen molar-refractivity contribution in [2.24, 2.45) is 0 Å². The number of unbranched alkanes of at least 4 members (excludes halogenated alkanes) is 6. The SMILES string of the molecule is CCCCC(C#CCCCCCCCSCCCO)O[Si](C)(C)C(C)(C)C. The van der Waals surface area contributed by atoms with E-state index in [1.807, 2.05) is 11.8 Å². The Morgan fingerprint density at radius 3 is 2.22 bits per heavy atom. The summed E-state index contributed by atoms with van der Waals surface area (Å²) in [6, 6.07) is 0. The van der Waals surface area contributed by atoms with Crippen molar-refractivity contribution in [3.8, 4) is 11.8 Å². The van der Waals surface area contributed by atoms with Gasteiger partial charge in [0.1, 0.15) is 6.10 Å². The van der Waals surface area contributed by atoms with E-state index in [2.05, 4.69) is 52.6 Å². The van der Waals surface area contributed by atoms with Crippen LogP contribution in [0, 0.1) is 11.8 Å². The van der Waals surface area contributed by atoms with Crippen molar-refractivity contribution in [3.63, 3.8) is 0 Å². The fraction of sp³-hybridized carbons (Fsp3) is 0.913. The Hall–Kier alpha value is 0.0469. The molecule has 0 saturated carbocycles. The zero-order chi connectivity index (χ0) is 20.6. The van der Waals surface area contributed by atoms with Gasteiger partial charge in [0, 0.05) is 13.0 Å². The number of thioether (sulfide) groups is 1. The van der Waals surface area contributed by atoms with E-state index in [9.17, 15) is 0 Å². The molecule has 0 heterocycles. The summed E-state index contributed by atoms with van der Waals surface area (Å²) in [6.45, 7) is 14.1. The van der Waals surface area contributed by atoms with E-state index in [1.165, 1.54) is 50.7 Å². The minimum Gasteiger partial charge on any atom is -0.403 e. The first-order chi connectivity index (χ1) is 12.7. The first-order valence-corrected chi connectivity index (χ1v) is 15.2. The molecule has 160 valence electrons. The maximum atomic E-state index is 8.75. The van der Waals surface area contributed by atoms with Gasteiger partial charge >= 0.3 is 0 Å². The number of rotatable bonds is 15. The summed E-state index contributed by atoms with van der Waals surface area (Å²) in [5.41, 5.74) is 0. The fourth-order valence-electron chi connectivity index (χ4n) is 2.49. The minimum absolute atomic E-state index is 0.127. The molecule has 27 heavy (non-hydrogen) atoms. The van der Waals surface area contributed by atoms with Gasteiger partial charge in [0.25, 0.3) is 0 Å². The molecule has 0 aliphatic heterocycles. The van der Waals surface area contributed by atoms with Crippen LogP contribution in [-0.4, -0.2) is 37.6 Å². The van der Waals surface area contributed by atoms with Crippen molar-refractivity contribution < 1.29 is 9.53 Å². The topological polar surface area (TPSA) is 29.5 Å². The van der Waals surface area contributed by atoms with Gasteiger partial charge in [-0.1, -0.05) is 65.7 Å². The third-order valence-electron chi connectivity index (χ3n) is 5.36. The Morgan fingerprint density at radius 2 is 1.59 bits per heavy atom. The quantitative estimate of drug-likeness (QED) is 0.177. The summed E-state index contributed by atoms with van der Waals surface area (Å²) in [7, 11) is -1.74. The summed E-state index contributed by atoms with van der Waals surface area (Å²) in [6.07, 6.45) is 12.0. The highest BCUT2D eigenvalue weighted by Gasteiger charge is 2.38. The molecule has 0 amide bonds. The molecule has 0 spiro atoms. The van der Waals surface area contributed by atoms with Crippen LogP contribution in [0.2, 0.25) is 18.1 Å². The monoisotopic (exact) mass is 414 g/mol. The van der Waals surface area contributed by atoms with E-state index in [0.29, 0.717) is 6.61 Å². The number of aliphatic hydroxyl groups excluding tert-OH is 1. The van der Waals surface area contributed by atoms with Crippen LogP contribution in [-0.2, 0) is 4.43 Å². The van der Waals surface area contributed by atoms with Crippen molar-refractivity contribution in [1.29, 1.82) is 0 Å². The molecular formula is C23H46O2SSi. The van der Waals surface area contributed by atoms with Crippen LogP contribution in [0.4, 0.5) is 0 Å². The van der Waals surface area contributed by atoms with Gasteiger partial charge in [0.05, 0.1) is 0 Å². The third-order valence-corrected chi connectivity index (χ3v) is 11.0. The smallest absolute Gasteiger partial charge is 0.193 e. The average Bonchev–Trinajstić information content (AvgIpc) is 2.59. The maximum Gasteiger partial charge on any atom is 0.193 e. The lowest BCUT2D eigenvalue weighted by molar-refractivity contribution is 0.220. The predicted octanol–water partition coefficient (Wildman–Crippen LogP) is 7.03. The Bertz CT molecular complexity index is 407. The normalized spacial score (nSPS) is 13.3.